The molecule has 2 aromatic carbocycles. The number of para-hydroxylation sites is 1. The van der Waals surface area contributed by atoms with Crippen LogP contribution in [0.2, 0.25) is 0 Å². The molecule has 0 atom stereocenters. The first-order valence-corrected chi connectivity index (χ1v) is 7.24. The van der Waals surface area contributed by atoms with Gasteiger partial charge in [0.2, 0.25) is 0 Å². The van der Waals surface area contributed by atoms with Crippen LogP contribution in [0.5, 0.6) is 11.5 Å². The van der Waals surface area contributed by atoms with Gasteiger partial charge in [-0.3, -0.25) is 0 Å². The van der Waals surface area contributed by atoms with Gasteiger partial charge < -0.3 is 14.6 Å². The minimum atomic E-state index is -1.08. The SMILES string of the molecule is CC(C)COc1ccccc1C(=O)Oc1cccc(C(=O)O)c1. The first kappa shape index (κ1) is 16.5. The molecule has 1 N–H and O–H groups in total. The molecular weight excluding hydrogens is 296 g/mol. The first-order chi connectivity index (χ1) is 11.0. The standard InChI is InChI=1S/C18H18O5/c1-12(2)11-22-16-9-4-3-8-15(16)18(21)23-14-7-5-6-13(10-14)17(19)20/h3-10,12H,11H2,1-2H3,(H,19,20). The van der Waals surface area contributed by atoms with Crippen LogP contribution in [-0.4, -0.2) is 23.7 Å². The highest BCUT2D eigenvalue weighted by Gasteiger charge is 2.15. The third kappa shape index (κ3) is 4.57. The summed E-state index contributed by atoms with van der Waals surface area (Å²) in [6, 6.07) is 12.6. The van der Waals surface area contributed by atoms with E-state index in [0.29, 0.717) is 23.8 Å². The molecule has 0 bridgehead atoms. The van der Waals surface area contributed by atoms with Gasteiger partial charge in [0.25, 0.3) is 0 Å². The number of carboxylic acids is 1. The van der Waals surface area contributed by atoms with E-state index in [1.54, 1.807) is 24.3 Å². The smallest absolute Gasteiger partial charge is 0.347 e. The molecule has 2 rings (SSSR count). The number of carboxylic acid groups (broad SMARTS) is 1. The molecule has 0 heterocycles. The van der Waals surface area contributed by atoms with Crippen molar-refractivity contribution in [1.82, 2.24) is 0 Å². The van der Waals surface area contributed by atoms with Crippen molar-refractivity contribution in [3.8, 4) is 11.5 Å². The van der Waals surface area contributed by atoms with Crippen LogP contribution in [0.3, 0.4) is 0 Å². The Hall–Kier alpha value is -2.82. The van der Waals surface area contributed by atoms with Gasteiger partial charge in [-0.05, 0) is 36.2 Å². The van der Waals surface area contributed by atoms with Crippen LogP contribution in [-0.2, 0) is 0 Å². The second-order valence-electron chi connectivity index (χ2n) is 5.42. The van der Waals surface area contributed by atoms with Crippen molar-refractivity contribution in [2.75, 3.05) is 6.61 Å². The van der Waals surface area contributed by atoms with E-state index in [2.05, 4.69) is 0 Å². The summed E-state index contributed by atoms with van der Waals surface area (Å²) >= 11 is 0. The molecule has 0 aromatic heterocycles. The number of esters is 1. The summed E-state index contributed by atoms with van der Waals surface area (Å²) in [5, 5.41) is 8.97. The van der Waals surface area contributed by atoms with E-state index in [1.807, 2.05) is 13.8 Å². The molecule has 5 nitrogen and oxygen atoms in total. The quantitative estimate of drug-likeness (QED) is 0.651. The Morgan fingerprint density at radius 2 is 1.83 bits per heavy atom. The van der Waals surface area contributed by atoms with Gasteiger partial charge in [0.1, 0.15) is 17.1 Å². The van der Waals surface area contributed by atoms with E-state index in [1.165, 1.54) is 24.3 Å². The molecular formula is C18H18O5. The molecule has 5 heteroatoms. The maximum absolute atomic E-state index is 12.3. The topological polar surface area (TPSA) is 72.8 Å². The lowest BCUT2D eigenvalue weighted by Crippen LogP contribution is -2.13. The first-order valence-electron chi connectivity index (χ1n) is 7.24. The number of hydrogen-bond acceptors (Lipinski definition) is 4. The average molecular weight is 314 g/mol. The number of rotatable bonds is 6. The van der Waals surface area contributed by atoms with Crippen LogP contribution in [0, 0.1) is 5.92 Å². The Morgan fingerprint density at radius 1 is 1.09 bits per heavy atom. The van der Waals surface area contributed by atoms with Crippen molar-refractivity contribution in [2.24, 2.45) is 5.92 Å². The van der Waals surface area contributed by atoms with Crippen LogP contribution >= 0.6 is 0 Å². The highest BCUT2D eigenvalue weighted by Crippen LogP contribution is 2.22. The molecule has 0 aliphatic rings. The zero-order valence-electron chi connectivity index (χ0n) is 13.0. The fourth-order valence-electron chi connectivity index (χ4n) is 1.87. The summed E-state index contributed by atoms with van der Waals surface area (Å²) in [6.45, 7) is 4.51. The molecule has 0 radical (unpaired) electrons. The van der Waals surface area contributed by atoms with E-state index in [9.17, 15) is 9.59 Å². The molecule has 0 aliphatic heterocycles. The molecule has 0 unspecified atom stereocenters. The third-order valence-electron chi connectivity index (χ3n) is 2.97. The highest BCUT2D eigenvalue weighted by molar-refractivity contribution is 5.94. The van der Waals surface area contributed by atoms with Crippen LogP contribution in [0.4, 0.5) is 0 Å². The molecule has 23 heavy (non-hydrogen) atoms. The van der Waals surface area contributed by atoms with E-state index >= 15 is 0 Å². The lowest BCUT2D eigenvalue weighted by molar-refractivity contribution is 0.0686. The number of hydrogen-bond donors (Lipinski definition) is 1. The Bertz CT molecular complexity index is 706. The fourth-order valence-corrected chi connectivity index (χ4v) is 1.87. The Balaban J connectivity index is 2.18. The van der Waals surface area contributed by atoms with E-state index in [4.69, 9.17) is 14.6 Å². The molecule has 120 valence electrons. The zero-order valence-corrected chi connectivity index (χ0v) is 13.0. The predicted octanol–water partition coefficient (Wildman–Crippen LogP) is 3.64. The second kappa shape index (κ2) is 7.45. The summed E-state index contributed by atoms with van der Waals surface area (Å²) in [6.07, 6.45) is 0. The van der Waals surface area contributed by atoms with Gasteiger partial charge in [-0.25, -0.2) is 9.59 Å². The maximum atomic E-state index is 12.3. The van der Waals surface area contributed by atoms with E-state index < -0.39 is 11.9 Å². The molecule has 0 aliphatic carbocycles. The van der Waals surface area contributed by atoms with Crippen molar-refractivity contribution >= 4 is 11.9 Å². The summed E-state index contributed by atoms with van der Waals surface area (Å²) in [4.78, 5) is 23.3. The Morgan fingerprint density at radius 3 is 2.52 bits per heavy atom. The predicted molar refractivity (Wildman–Crippen MR) is 85.1 cm³/mol. The molecule has 0 spiro atoms. The maximum Gasteiger partial charge on any atom is 0.347 e. The van der Waals surface area contributed by atoms with Gasteiger partial charge in [0.05, 0.1) is 12.2 Å². The monoisotopic (exact) mass is 314 g/mol. The van der Waals surface area contributed by atoms with Crippen LogP contribution in [0.1, 0.15) is 34.6 Å². The summed E-state index contributed by atoms with van der Waals surface area (Å²) in [5.74, 6) is -0.726. The minimum Gasteiger partial charge on any atom is -0.492 e. The number of carbonyl (C=O) groups excluding carboxylic acids is 1. The number of ether oxygens (including phenoxy) is 2. The summed E-state index contributed by atoms with van der Waals surface area (Å²) in [7, 11) is 0. The Kier molecular flexibility index (Phi) is 5.36. The molecule has 0 saturated heterocycles. The van der Waals surface area contributed by atoms with E-state index in [-0.39, 0.29) is 11.3 Å². The average Bonchev–Trinajstić information content (AvgIpc) is 2.53. The van der Waals surface area contributed by atoms with Gasteiger partial charge in [-0.15, -0.1) is 0 Å². The molecule has 0 amide bonds. The normalized spacial score (nSPS) is 10.4. The van der Waals surface area contributed by atoms with Gasteiger partial charge in [0.15, 0.2) is 0 Å². The van der Waals surface area contributed by atoms with Gasteiger partial charge in [-0.1, -0.05) is 32.0 Å². The number of carbonyl (C=O) groups is 2. The minimum absolute atomic E-state index is 0.0552. The number of benzene rings is 2. The largest absolute Gasteiger partial charge is 0.492 e. The number of aromatic carboxylic acids is 1. The Labute approximate surface area is 134 Å². The van der Waals surface area contributed by atoms with Crippen molar-refractivity contribution < 1.29 is 24.2 Å². The second-order valence-corrected chi connectivity index (χ2v) is 5.42. The third-order valence-corrected chi connectivity index (χ3v) is 2.97. The van der Waals surface area contributed by atoms with Crippen LogP contribution in [0.15, 0.2) is 48.5 Å². The van der Waals surface area contributed by atoms with Crippen LogP contribution < -0.4 is 9.47 Å². The fraction of sp³-hybridized carbons (Fsp3) is 0.222. The van der Waals surface area contributed by atoms with Gasteiger partial charge in [-0.2, -0.15) is 0 Å². The molecule has 0 saturated carbocycles. The zero-order chi connectivity index (χ0) is 16.8. The van der Waals surface area contributed by atoms with Crippen LogP contribution in [0.25, 0.3) is 0 Å². The lowest BCUT2D eigenvalue weighted by atomic mass is 10.2. The van der Waals surface area contributed by atoms with Crippen molar-refractivity contribution in [2.45, 2.75) is 13.8 Å². The van der Waals surface area contributed by atoms with Crippen molar-refractivity contribution in [3.63, 3.8) is 0 Å². The highest BCUT2D eigenvalue weighted by atomic mass is 16.5. The van der Waals surface area contributed by atoms with Crippen molar-refractivity contribution in [1.29, 1.82) is 0 Å². The van der Waals surface area contributed by atoms with Crippen molar-refractivity contribution in [3.05, 3.63) is 59.7 Å². The lowest BCUT2D eigenvalue weighted by Gasteiger charge is -2.12. The molecule has 2 aromatic rings. The van der Waals surface area contributed by atoms with Gasteiger partial charge in [0, 0.05) is 0 Å². The van der Waals surface area contributed by atoms with Gasteiger partial charge >= 0.3 is 11.9 Å². The van der Waals surface area contributed by atoms with E-state index in [0.717, 1.165) is 0 Å². The molecule has 0 fully saturated rings. The summed E-state index contributed by atoms with van der Waals surface area (Å²) in [5.41, 5.74) is 0.355. The summed E-state index contributed by atoms with van der Waals surface area (Å²) < 4.78 is 10.9.